The van der Waals surface area contributed by atoms with Crippen LogP contribution >= 0.6 is 11.6 Å². The molecule has 1 aliphatic rings. The van der Waals surface area contributed by atoms with Gasteiger partial charge in [-0.25, -0.2) is 4.39 Å². The topological polar surface area (TPSA) is 49.9 Å². The number of halogens is 2. The van der Waals surface area contributed by atoms with Crippen molar-refractivity contribution in [3.8, 4) is 5.75 Å². The summed E-state index contributed by atoms with van der Waals surface area (Å²) in [6, 6.07) is 12.8. The summed E-state index contributed by atoms with van der Waals surface area (Å²) in [5.41, 5.74) is -1.02. The zero-order valence-corrected chi connectivity index (χ0v) is 17.3. The minimum Gasteiger partial charge on any atom is -0.478 e. The average Bonchev–Trinajstić information content (AvgIpc) is 2.95. The lowest BCUT2D eigenvalue weighted by atomic mass is 10.1. The van der Waals surface area contributed by atoms with Crippen LogP contribution in [0.3, 0.4) is 0 Å². The zero-order valence-electron chi connectivity index (χ0n) is 16.5. The highest BCUT2D eigenvalue weighted by atomic mass is 35.5. The van der Waals surface area contributed by atoms with E-state index >= 15 is 0 Å². The number of benzene rings is 2. The average molecular weight is 419 g/mol. The summed E-state index contributed by atoms with van der Waals surface area (Å²) in [6.07, 6.45) is 0.614. The molecule has 0 saturated carbocycles. The Labute approximate surface area is 175 Å². The van der Waals surface area contributed by atoms with E-state index in [1.54, 1.807) is 60.0 Å². The van der Waals surface area contributed by atoms with Gasteiger partial charge in [-0.3, -0.25) is 9.59 Å². The molecule has 0 atom stereocenters. The second-order valence-corrected chi connectivity index (χ2v) is 7.92. The molecule has 0 N–H and O–H groups in total. The maximum atomic E-state index is 14.0. The maximum absolute atomic E-state index is 14.0. The molecule has 3 rings (SSSR count). The largest absolute Gasteiger partial charge is 0.478 e. The van der Waals surface area contributed by atoms with Crippen molar-refractivity contribution >= 4 is 23.4 Å². The third-order valence-electron chi connectivity index (χ3n) is 4.88. The van der Waals surface area contributed by atoms with Gasteiger partial charge in [0.2, 0.25) is 0 Å². The molecule has 0 radical (unpaired) electrons. The molecule has 0 spiro atoms. The van der Waals surface area contributed by atoms with Crippen molar-refractivity contribution in [2.24, 2.45) is 0 Å². The predicted molar refractivity (Wildman–Crippen MR) is 110 cm³/mol. The molecule has 7 heteroatoms. The molecule has 29 heavy (non-hydrogen) atoms. The van der Waals surface area contributed by atoms with Gasteiger partial charge in [0.1, 0.15) is 11.6 Å². The van der Waals surface area contributed by atoms with Gasteiger partial charge in [0.25, 0.3) is 11.8 Å². The van der Waals surface area contributed by atoms with Gasteiger partial charge in [0.15, 0.2) is 5.60 Å². The number of hydrogen-bond acceptors (Lipinski definition) is 3. The fourth-order valence-corrected chi connectivity index (χ4v) is 3.48. The first kappa shape index (κ1) is 21.1. The van der Waals surface area contributed by atoms with Crippen molar-refractivity contribution in [1.82, 2.24) is 9.80 Å². The summed E-state index contributed by atoms with van der Waals surface area (Å²) in [7, 11) is 0. The van der Waals surface area contributed by atoms with Crippen molar-refractivity contribution in [1.29, 1.82) is 0 Å². The molecule has 5 nitrogen and oxygen atoms in total. The maximum Gasteiger partial charge on any atom is 0.266 e. The SMILES string of the molecule is CC(C)(Oc1ccc(Cl)cc1)C(=O)N1CCCN(C(=O)c2ccccc2F)CC1. The molecule has 1 fully saturated rings. The lowest BCUT2D eigenvalue weighted by Gasteiger charge is -2.31. The van der Waals surface area contributed by atoms with Crippen LogP contribution in [0.1, 0.15) is 30.6 Å². The Morgan fingerprint density at radius 2 is 1.59 bits per heavy atom. The monoisotopic (exact) mass is 418 g/mol. The van der Waals surface area contributed by atoms with Crippen LogP contribution in [-0.4, -0.2) is 53.4 Å². The number of ether oxygens (including phenoxy) is 1. The normalized spacial score (nSPS) is 15.0. The van der Waals surface area contributed by atoms with E-state index in [2.05, 4.69) is 0 Å². The second-order valence-electron chi connectivity index (χ2n) is 7.48. The number of carbonyl (C=O) groups is 2. The highest BCUT2D eigenvalue weighted by Gasteiger charge is 2.35. The smallest absolute Gasteiger partial charge is 0.266 e. The van der Waals surface area contributed by atoms with E-state index in [9.17, 15) is 14.0 Å². The van der Waals surface area contributed by atoms with Gasteiger partial charge >= 0.3 is 0 Å². The number of amides is 2. The number of carbonyl (C=O) groups excluding carboxylic acids is 2. The van der Waals surface area contributed by atoms with E-state index in [1.165, 1.54) is 12.1 Å². The first-order valence-electron chi connectivity index (χ1n) is 9.56. The zero-order chi connectivity index (χ0) is 21.0. The molecule has 0 bridgehead atoms. The minimum absolute atomic E-state index is 0.0543. The highest BCUT2D eigenvalue weighted by Crippen LogP contribution is 2.23. The number of nitrogens with zero attached hydrogens (tertiary/aromatic N) is 2. The van der Waals surface area contributed by atoms with E-state index in [0.29, 0.717) is 43.4 Å². The highest BCUT2D eigenvalue weighted by molar-refractivity contribution is 6.30. The molecule has 2 amide bonds. The van der Waals surface area contributed by atoms with Crippen LogP contribution in [0.2, 0.25) is 5.02 Å². The molecule has 0 aliphatic carbocycles. The van der Waals surface area contributed by atoms with Crippen LogP contribution in [-0.2, 0) is 4.79 Å². The van der Waals surface area contributed by atoms with Crippen LogP contribution in [0.4, 0.5) is 4.39 Å². The molecule has 1 saturated heterocycles. The van der Waals surface area contributed by atoms with Gasteiger partial charge in [-0.05, 0) is 56.7 Å². The van der Waals surface area contributed by atoms with Gasteiger partial charge in [-0.1, -0.05) is 23.7 Å². The fourth-order valence-electron chi connectivity index (χ4n) is 3.35. The Kier molecular flexibility index (Phi) is 6.42. The van der Waals surface area contributed by atoms with Crippen molar-refractivity contribution in [2.75, 3.05) is 26.2 Å². The summed E-state index contributed by atoms with van der Waals surface area (Å²) in [4.78, 5) is 29.0. The third kappa shape index (κ3) is 5.07. The van der Waals surface area contributed by atoms with Gasteiger partial charge in [0.05, 0.1) is 5.56 Å². The Hall–Kier alpha value is -2.60. The van der Waals surface area contributed by atoms with Crippen molar-refractivity contribution in [3.05, 3.63) is 64.9 Å². The van der Waals surface area contributed by atoms with Crippen LogP contribution in [0.15, 0.2) is 48.5 Å². The summed E-state index contributed by atoms with van der Waals surface area (Å²) >= 11 is 5.89. The van der Waals surface area contributed by atoms with E-state index in [1.807, 2.05) is 0 Å². The first-order valence-corrected chi connectivity index (χ1v) is 9.93. The van der Waals surface area contributed by atoms with E-state index < -0.39 is 11.4 Å². The van der Waals surface area contributed by atoms with Crippen LogP contribution in [0.5, 0.6) is 5.75 Å². The summed E-state index contributed by atoms with van der Waals surface area (Å²) < 4.78 is 19.8. The summed E-state index contributed by atoms with van der Waals surface area (Å²) in [5.74, 6) is -0.493. The Balaban J connectivity index is 1.65. The molecule has 2 aromatic carbocycles. The molecule has 1 heterocycles. The molecule has 2 aromatic rings. The van der Waals surface area contributed by atoms with E-state index in [-0.39, 0.29) is 17.4 Å². The van der Waals surface area contributed by atoms with Gasteiger partial charge in [0, 0.05) is 31.2 Å². The third-order valence-corrected chi connectivity index (χ3v) is 5.13. The number of rotatable bonds is 4. The molecule has 1 aliphatic heterocycles. The quantitative estimate of drug-likeness (QED) is 0.753. The second kappa shape index (κ2) is 8.82. The minimum atomic E-state index is -1.07. The first-order chi connectivity index (χ1) is 13.8. The van der Waals surface area contributed by atoms with Crippen molar-refractivity contribution < 1.29 is 18.7 Å². The van der Waals surface area contributed by atoms with Gasteiger partial charge in [-0.15, -0.1) is 0 Å². The van der Waals surface area contributed by atoms with Crippen LogP contribution < -0.4 is 4.74 Å². The summed E-state index contributed by atoms with van der Waals surface area (Å²) in [5, 5.41) is 0.591. The molecule has 0 aromatic heterocycles. The van der Waals surface area contributed by atoms with Gasteiger partial charge < -0.3 is 14.5 Å². The van der Waals surface area contributed by atoms with Gasteiger partial charge in [-0.2, -0.15) is 0 Å². The predicted octanol–water partition coefficient (Wildman–Crippen LogP) is 4.01. The molecular formula is C22H24ClFN2O3. The van der Waals surface area contributed by atoms with Crippen molar-refractivity contribution in [2.45, 2.75) is 25.9 Å². The summed E-state index contributed by atoms with van der Waals surface area (Å²) in [6.45, 7) is 5.12. The molecule has 0 unspecified atom stereocenters. The lowest BCUT2D eigenvalue weighted by Crippen LogP contribution is -2.50. The molecular weight excluding hydrogens is 395 g/mol. The number of hydrogen-bond donors (Lipinski definition) is 0. The van der Waals surface area contributed by atoms with Crippen LogP contribution in [0.25, 0.3) is 0 Å². The Morgan fingerprint density at radius 3 is 2.28 bits per heavy atom. The lowest BCUT2D eigenvalue weighted by molar-refractivity contribution is -0.145. The van der Waals surface area contributed by atoms with Crippen LogP contribution in [0, 0.1) is 5.82 Å². The Morgan fingerprint density at radius 1 is 0.966 bits per heavy atom. The standard InChI is InChI=1S/C22H24ClFN2O3/c1-22(2,29-17-10-8-16(23)9-11-17)21(28)26-13-5-12-25(14-15-26)20(27)18-6-3-4-7-19(18)24/h3-4,6-11H,5,12-15H2,1-2H3. The van der Waals surface area contributed by atoms with E-state index in [4.69, 9.17) is 16.3 Å². The Bertz CT molecular complexity index is 886. The molecule has 154 valence electrons. The van der Waals surface area contributed by atoms with E-state index in [0.717, 1.165) is 0 Å². The van der Waals surface area contributed by atoms with Crippen molar-refractivity contribution in [3.63, 3.8) is 0 Å². The fraction of sp³-hybridized carbons (Fsp3) is 0.364.